The lowest BCUT2D eigenvalue weighted by atomic mass is 10.1. The van der Waals surface area contributed by atoms with Crippen LogP contribution in [0.1, 0.15) is 26.4 Å². The summed E-state index contributed by atoms with van der Waals surface area (Å²) in [4.78, 5) is 50.2. The Bertz CT molecular complexity index is 1520. The van der Waals surface area contributed by atoms with Crippen LogP contribution >= 0.6 is 11.8 Å². The fourth-order valence-corrected chi connectivity index (χ4v) is 4.44. The highest BCUT2D eigenvalue weighted by molar-refractivity contribution is 8.00. The molecule has 1 aromatic heterocycles. The standard InChI is InChI=1S/C27H24N4O5S/c1-17-24(26(34)31(30(17)2)19-8-4-3-5-9-19)29-23(32)16-37-20-14-12-18(13-15-20)28-25(33)21-10-6-7-11-22(21)27(35)36/h3-15H,16H2,1-2H3,(H,28,33)(H,29,32)(H,35,36). The average molecular weight is 517 g/mol. The number of carbonyl (C=O) groups excluding carboxylic acids is 2. The maximum absolute atomic E-state index is 13.0. The molecular formula is C27H24N4O5S. The first-order valence-corrected chi connectivity index (χ1v) is 12.2. The molecule has 0 fully saturated rings. The van der Waals surface area contributed by atoms with Crippen LogP contribution in [0.5, 0.6) is 0 Å². The molecule has 0 aliphatic rings. The maximum atomic E-state index is 13.0. The van der Waals surface area contributed by atoms with Gasteiger partial charge in [0.2, 0.25) is 5.91 Å². The molecule has 0 aliphatic carbocycles. The largest absolute Gasteiger partial charge is 0.478 e. The molecule has 4 rings (SSSR count). The van der Waals surface area contributed by atoms with E-state index in [0.717, 1.165) is 4.90 Å². The molecule has 9 nitrogen and oxygen atoms in total. The van der Waals surface area contributed by atoms with Gasteiger partial charge in [0.25, 0.3) is 11.5 Å². The second-order valence-electron chi connectivity index (χ2n) is 8.10. The van der Waals surface area contributed by atoms with Gasteiger partial charge in [-0.1, -0.05) is 30.3 Å². The zero-order valence-electron chi connectivity index (χ0n) is 20.1. The molecular weight excluding hydrogens is 492 g/mol. The van der Waals surface area contributed by atoms with E-state index in [-0.39, 0.29) is 34.0 Å². The number of carbonyl (C=O) groups is 3. The SMILES string of the molecule is Cc1c(NC(=O)CSc2ccc(NC(=O)c3ccccc3C(=O)O)cc2)c(=O)n(-c2ccccc2)n1C. The van der Waals surface area contributed by atoms with E-state index in [0.29, 0.717) is 17.1 Å². The van der Waals surface area contributed by atoms with Crippen molar-refractivity contribution >= 4 is 40.9 Å². The van der Waals surface area contributed by atoms with Gasteiger partial charge >= 0.3 is 5.97 Å². The molecule has 0 unspecified atom stereocenters. The number of amides is 2. The molecule has 3 N–H and O–H groups in total. The van der Waals surface area contributed by atoms with Gasteiger partial charge in [0.1, 0.15) is 5.69 Å². The van der Waals surface area contributed by atoms with Crippen LogP contribution in [-0.2, 0) is 11.8 Å². The Labute approximate surface area is 216 Å². The molecule has 0 atom stereocenters. The fourth-order valence-electron chi connectivity index (χ4n) is 3.74. The Kier molecular flexibility index (Phi) is 7.59. The van der Waals surface area contributed by atoms with Crippen molar-refractivity contribution in [2.45, 2.75) is 11.8 Å². The van der Waals surface area contributed by atoms with E-state index in [1.165, 1.54) is 28.6 Å². The topological polar surface area (TPSA) is 122 Å². The summed E-state index contributed by atoms with van der Waals surface area (Å²) in [5.74, 6) is -1.95. The highest BCUT2D eigenvalue weighted by Crippen LogP contribution is 2.22. The second-order valence-corrected chi connectivity index (χ2v) is 9.15. The van der Waals surface area contributed by atoms with Crippen molar-refractivity contribution in [1.82, 2.24) is 9.36 Å². The molecule has 10 heteroatoms. The van der Waals surface area contributed by atoms with Crippen molar-refractivity contribution in [3.8, 4) is 5.69 Å². The van der Waals surface area contributed by atoms with Crippen molar-refractivity contribution < 1.29 is 19.5 Å². The van der Waals surface area contributed by atoms with E-state index < -0.39 is 11.9 Å². The Balaban J connectivity index is 1.37. The summed E-state index contributed by atoms with van der Waals surface area (Å²) < 4.78 is 3.20. The number of anilines is 2. The Morgan fingerprint density at radius 2 is 1.49 bits per heavy atom. The maximum Gasteiger partial charge on any atom is 0.336 e. The lowest BCUT2D eigenvalue weighted by Gasteiger charge is -2.09. The molecule has 3 aromatic carbocycles. The van der Waals surface area contributed by atoms with Crippen LogP contribution in [0.4, 0.5) is 11.4 Å². The van der Waals surface area contributed by atoms with Crippen molar-refractivity contribution in [1.29, 1.82) is 0 Å². The van der Waals surface area contributed by atoms with E-state index in [1.54, 1.807) is 55.1 Å². The normalized spacial score (nSPS) is 10.6. The molecule has 1 heterocycles. The van der Waals surface area contributed by atoms with Gasteiger partial charge in [0, 0.05) is 17.6 Å². The monoisotopic (exact) mass is 516 g/mol. The molecule has 4 aromatic rings. The van der Waals surface area contributed by atoms with Crippen molar-refractivity contribution in [2.75, 3.05) is 16.4 Å². The highest BCUT2D eigenvalue weighted by Gasteiger charge is 2.18. The van der Waals surface area contributed by atoms with Gasteiger partial charge in [-0.05, 0) is 55.5 Å². The van der Waals surface area contributed by atoms with E-state index in [9.17, 15) is 24.3 Å². The van der Waals surface area contributed by atoms with E-state index in [2.05, 4.69) is 10.6 Å². The second kappa shape index (κ2) is 11.0. The minimum atomic E-state index is -1.18. The molecule has 2 amide bonds. The first-order chi connectivity index (χ1) is 17.8. The molecule has 0 spiro atoms. The number of carboxylic acids is 1. The number of nitrogens with zero attached hydrogens (tertiary/aromatic N) is 2. The van der Waals surface area contributed by atoms with Gasteiger partial charge in [0.15, 0.2) is 0 Å². The van der Waals surface area contributed by atoms with Crippen molar-refractivity contribution in [3.63, 3.8) is 0 Å². The summed E-state index contributed by atoms with van der Waals surface area (Å²) >= 11 is 1.28. The van der Waals surface area contributed by atoms with E-state index in [1.807, 2.05) is 30.3 Å². The third-order valence-corrected chi connectivity index (χ3v) is 6.71. The lowest BCUT2D eigenvalue weighted by Crippen LogP contribution is -2.23. The van der Waals surface area contributed by atoms with Crippen molar-refractivity contribution in [2.24, 2.45) is 7.05 Å². The number of para-hydroxylation sites is 1. The van der Waals surface area contributed by atoms with Gasteiger partial charge in [-0.15, -0.1) is 11.8 Å². The number of carboxylic acid groups (broad SMARTS) is 1. The number of benzene rings is 3. The molecule has 0 radical (unpaired) electrons. The third kappa shape index (κ3) is 5.65. The van der Waals surface area contributed by atoms with Gasteiger partial charge in [-0.25, -0.2) is 9.48 Å². The van der Waals surface area contributed by atoms with Crippen LogP contribution in [0.15, 0.2) is 88.6 Å². The first-order valence-electron chi connectivity index (χ1n) is 11.3. The Morgan fingerprint density at radius 1 is 0.865 bits per heavy atom. The predicted octanol–water partition coefficient (Wildman–Crippen LogP) is 4.17. The number of rotatable bonds is 8. The molecule has 37 heavy (non-hydrogen) atoms. The number of aromatic carboxylic acids is 1. The van der Waals surface area contributed by atoms with Gasteiger partial charge < -0.3 is 15.7 Å². The quantitative estimate of drug-likeness (QED) is 0.302. The Morgan fingerprint density at radius 3 is 2.14 bits per heavy atom. The number of hydrogen-bond acceptors (Lipinski definition) is 5. The van der Waals surface area contributed by atoms with Crippen LogP contribution in [0.25, 0.3) is 5.69 Å². The van der Waals surface area contributed by atoms with Gasteiger partial charge in [0.05, 0.1) is 28.3 Å². The van der Waals surface area contributed by atoms with Crippen LogP contribution in [0.3, 0.4) is 0 Å². The summed E-state index contributed by atoms with van der Waals surface area (Å²) in [6.45, 7) is 1.77. The van der Waals surface area contributed by atoms with Gasteiger partial charge in [-0.2, -0.15) is 0 Å². The van der Waals surface area contributed by atoms with Crippen LogP contribution in [0.2, 0.25) is 0 Å². The predicted molar refractivity (Wildman–Crippen MR) is 143 cm³/mol. The molecule has 188 valence electrons. The summed E-state index contributed by atoms with van der Waals surface area (Å²) in [6, 6.07) is 22.0. The molecule has 0 aliphatic heterocycles. The highest BCUT2D eigenvalue weighted by atomic mass is 32.2. The third-order valence-electron chi connectivity index (χ3n) is 5.70. The van der Waals surface area contributed by atoms with Crippen LogP contribution < -0.4 is 16.2 Å². The van der Waals surface area contributed by atoms with Crippen LogP contribution in [0, 0.1) is 6.92 Å². The smallest absolute Gasteiger partial charge is 0.336 e. The van der Waals surface area contributed by atoms with Crippen molar-refractivity contribution in [3.05, 3.63) is 106 Å². The van der Waals surface area contributed by atoms with E-state index in [4.69, 9.17) is 0 Å². The summed E-state index contributed by atoms with van der Waals surface area (Å²) in [5, 5.41) is 14.7. The number of nitrogens with one attached hydrogen (secondary N) is 2. The summed E-state index contributed by atoms with van der Waals surface area (Å²) in [7, 11) is 1.76. The summed E-state index contributed by atoms with van der Waals surface area (Å²) in [5.41, 5.74) is 1.73. The van der Waals surface area contributed by atoms with E-state index >= 15 is 0 Å². The number of aromatic nitrogens is 2. The molecule has 0 bridgehead atoms. The van der Waals surface area contributed by atoms with Gasteiger partial charge in [-0.3, -0.25) is 19.1 Å². The number of hydrogen-bond donors (Lipinski definition) is 3. The lowest BCUT2D eigenvalue weighted by molar-refractivity contribution is -0.113. The Hall–Kier alpha value is -4.57. The first kappa shape index (κ1) is 25.5. The zero-order valence-corrected chi connectivity index (χ0v) is 20.9. The average Bonchev–Trinajstić information content (AvgIpc) is 3.11. The fraction of sp³-hybridized carbons (Fsp3) is 0.111. The van der Waals surface area contributed by atoms with Crippen LogP contribution in [-0.4, -0.2) is 38.0 Å². The minimum absolute atomic E-state index is 0.0626. The minimum Gasteiger partial charge on any atom is -0.478 e. The summed E-state index contributed by atoms with van der Waals surface area (Å²) in [6.07, 6.45) is 0. The number of thioether (sulfide) groups is 1. The molecule has 0 saturated heterocycles. The zero-order chi connectivity index (χ0) is 26.5. The molecule has 0 saturated carbocycles.